The molecule has 49 heavy (non-hydrogen) atoms. The Labute approximate surface area is 329 Å². The molecular weight excluding hydrogens is 632 g/mol. The third-order valence-corrected chi connectivity index (χ3v) is 11.5. The Morgan fingerprint density at radius 3 is 0.959 bits per heavy atom. The van der Waals surface area contributed by atoms with Gasteiger partial charge in [-0.3, -0.25) is 0 Å². The van der Waals surface area contributed by atoms with E-state index in [2.05, 4.69) is 19.9 Å². The number of benzene rings is 1. The summed E-state index contributed by atoms with van der Waals surface area (Å²) in [4.78, 5) is 0.0310. The fourth-order valence-electron chi connectivity index (χ4n) is 7.43. The average molecular weight is 713 g/mol. The quantitative estimate of drug-likeness (QED) is 0.0392. The van der Waals surface area contributed by atoms with Crippen LogP contribution in [0.5, 0.6) is 0 Å². The minimum atomic E-state index is -4.44. The number of unbranched alkanes of at least 4 members (excludes halogenated alkanes) is 32. The SMILES string of the molecule is CCCCCCCCCCCCCCCCCCCc1cccc(S(=O)(=O)[O-])c1CCCCCCCCCCCCCCCCCCC.[Na+]. The molecule has 0 unspecified atom stereocenters. The number of hydrogen-bond acceptors (Lipinski definition) is 3. The van der Waals surface area contributed by atoms with Gasteiger partial charge in [0, 0.05) is 0 Å². The first-order valence-electron chi connectivity index (χ1n) is 21.6. The van der Waals surface area contributed by atoms with Crippen LogP contribution in [0, 0.1) is 0 Å². The molecule has 0 bridgehead atoms. The van der Waals surface area contributed by atoms with Gasteiger partial charge < -0.3 is 4.55 Å². The zero-order valence-electron chi connectivity index (χ0n) is 33.3. The zero-order valence-corrected chi connectivity index (χ0v) is 36.1. The Balaban J connectivity index is 0.0000230. The van der Waals surface area contributed by atoms with Crippen molar-refractivity contribution in [3.8, 4) is 0 Å². The summed E-state index contributed by atoms with van der Waals surface area (Å²) >= 11 is 0. The Morgan fingerprint density at radius 2 is 0.673 bits per heavy atom. The molecule has 0 heterocycles. The van der Waals surface area contributed by atoms with E-state index < -0.39 is 10.1 Å². The van der Waals surface area contributed by atoms with Crippen LogP contribution in [0.4, 0.5) is 0 Å². The predicted molar refractivity (Wildman–Crippen MR) is 210 cm³/mol. The largest absolute Gasteiger partial charge is 1.00 e. The van der Waals surface area contributed by atoms with Crippen molar-refractivity contribution in [2.75, 3.05) is 0 Å². The zero-order chi connectivity index (χ0) is 34.8. The molecule has 0 fully saturated rings. The van der Waals surface area contributed by atoms with Crippen LogP contribution in [0.15, 0.2) is 23.1 Å². The Bertz CT molecular complexity index is 932. The molecule has 0 aliphatic carbocycles. The smallest absolute Gasteiger partial charge is 0.744 e. The van der Waals surface area contributed by atoms with Crippen LogP contribution in [0.1, 0.15) is 243 Å². The minimum absolute atomic E-state index is 0. The minimum Gasteiger partial charge on any atom is -0.744 e. The molecule has 0 atom stereocenters. The molecule has 0 aliphatic rings. The standard InChI is InChI=1S/C44H82O3S.Na/c1-3-5-7-9-11-13-15-17-19-21-23-25-27-29-31-33-35-38-42-39-37-41-44(48(45,46)47)43(42)40-36-34-32-30-28-26-24-22-20-18-16-14-12-10-8-6-4-2;/h37,39,41H,3-36,38,40H2,1-2H3,(H,45,46,47);/q;+1/p-1. The molecule has 0 aromatic heterocycles. The molecule has 5 heteroatoms. The molecule has 0 amide bonds. The van der Waals surface area contributed by atoms with E-state index in [4.69, 9.17) is 0 Å². The van der Waals surface area contributed by atoms with Crippen LogP contribution < -0.4 is 29.6 Å². The fraction of sp³-hybridized carbons (Fsp3) is 0.864. The number of hydrogen-bond donors (Lipinski definition) is 0. The van der Waals surface area contributed by atoms with Crippen molar-refractivity contribution < 1.29 is 42.5 Å². The topological polar surface area (TPSA) is 57.2 Å². The summed E-state index contributed by atoms with van der Waals surface area (Å²) in [5.41, 5.74) is 1.90. The van der Waals surface area contributed by atoms with E-state index in [0.29, 0.717) is 6.42 Å². The average Bonchev–Trinajstić information content (AvgIpc) is 3.07. The molecule has 0 aliphatic heterocycles. The molecule has 282 valence electrons. The van der Waals surface area contributed by atoms with E-state index in [-0.39, 0.29) is 34.5 Å². The van der Waals surface area contributed by atoms with Crippen LogP contribution in [0.25, 0.3) is 0 Å². The Kier molecular flexibility index (Phi) is 36.6. The molecule has 0 saturated carbocycles. The maximum atomic E-state index is 12.1. The van der Waals surface area contributed by atoms with Crippen molar-refractivity contribution in [3.63, 3.8) is 0 Å². The molecule has 0 radical (unpaired) electrons. The van der Waals surface area contributed by atoms with E-state index >= 15 is 0 Å². The van der Waals surface area contributed by atoms with E-state index in [1.165, 1.54) is 205 Å². The van der Waals surface area contributed by atoms with Gasteiger partial charge in [-0.2, -0.15) is 0 Å². The van der Waals surface area contributed by atoms with Crippen molar-refractivity contribution in [1.29, 1.82) is 0 Å². The van der Waals surface area contributed by atoms with Gasteiger partial charge in [-0.15, -0.1) is 0 Å². The summed E-state index contributed by atoms with van der Waals surface area (Å²) in [5.74, 6) is 0. The molecule has 1 aromatic carbocycles. The van der Waals surface area contributed by atoms with Crippen LogP contribution in [0.2, 0.25) is 0 Å². The van der Waals surface area contributed by atoms with Crippen molar-refractivity contribution in [2.24, 2.45) is 0 Å². The number of aryl methyl sites for hydroxylation is 1. The van der Waals surface area contributed by atoms with Crippen LogP contribution in [-0.2, 0) is 23.0 Å². The second-order valence-corrected chi connectivity index (χ2v) is 16.5. The summed E-state index contributed by atoms with van der Waals surface area (Å²) in [6.07, 6.45) is 47.3. The maximum Gasteiger partial charge on any atom is 1.00 e. The van der Waals surface area contributed by atoms with Gasteiger partial charge in [0.2, 0.25) is 0 Å². The van der Waals surface area contributed by atoms with Gasteiger partial charge in [-0.1, -0.05) is 231 Å². The molecule has 0 spiro atoms. The van der Waals surface area contributed by atoms with Gasteiger partial charge in [0.05, 0.1) is 4.90 Å². The molecule has 0 saturated heterocycles. The van der Waals surface area contributed by atoms with Crippen molar-refractivity contribution in [2.45, 2.75) is 250 Å². The summed E-state index contributed by atoms with van der Waals surface area (Å²) in [6.45, 7) is 4.57. The van der Waals surface area contributed by atoms with E-state index in [0.717, 1.165) is 36.8 Å². The van der Waals surface area contributed by atoms with Crippen molar-refractivity contribution >= 4 is 10.1 Å². The van der Waals surface area contributed by atoms with Gasteiger partial charge >= 0.3 is 29.6 Å². The van der Waals surface area contributed by atoms with Gasteiger partial charge in [0.1, 0.15) is 10.1 Å². The monoisotopic (exact) mass is 713 g/mol. The van der Waals surface area contributed by atoms with Crippen LogP contribution in [0.3, 0.4) is 0 Å². The second kappa shape index (κ2) is 36.5. The van der Waals surface area contributed by atoms with Gasteiger partial charge in [-0.25, -0.2) is 8.42 Å². The third kappa shape index (κ3) is 30.3. The summed E-state index contributed by atoms with van der Waals surface area (Å²) < 4.78 is 36.2. The van der Waals surface area contributed by atoms with Crippen molar-refractivity contribution in [1.82, 2.24) is 0 Å². The first-order valence-corrected chi connectivity index (χ1v) is 23.0. The second-order valence-electron chi connectivity index (χ2n) is 15.2. The van der Waals surface area contributed by atoms with Crippen molar-refractivity contribution in [3.05, 3.63) is 29.3 Å². The van der Waals surface area contributed by atoms with Gasteiger partial charge in [0.15, 0.2) is 0 Å². The van der Waals surface area contributed by atoms with E-state index in [1.54, 1.807) is 6.07 Å². The summed E-state index contributed by atoms with van der Waals surface area (Å²) in [5, 5.41) is 0. The summed E-state index contributed by atoms with van der Waals surface area (Å²) in [6, 6.07) is 5.36. The van der Waals surface area contributed by atoms with Gasteiger partial charge in [-0.05, 0) is 42.9 Å². The van der Waals surface area contributed by atoms with Crippen LogP contribution in [-0.4, -0.2) is 13.0 Å². The summed E-state index contributed by atoms with van der Waals surface area (Å²) in [7, 11) is -4.44. The normalized spacial score (nSPS) is 11.7. The number of rotatable bonds is 37. The molecule has 3 nitrogen and oxygen atoms in total. The van der Waals surface area contributed by atoms with Gasteiger partial charge in [0.25, 0.3) is 0 Å². The maximum absolute atomic E-state index is 12.1. The fourth-order valence-corrected chi connectivity index (χ4v) is 8.21. The molecular formula is C44H81NaO3S. The molecule has 1 rings (SSSR count). The third-order valence-electron chi connectivity index (χ3n) is 10.6. The van der Waals surface area contributed by atoms with E-state index in [9.17, 15) is 13.0 Å². The molecule has 0 N–H and O–H groups in total. The Hall–Kier alpha value is 0.130. The van der Waals surface area contributed by atoms with Crippen LogP contribution >= 0.6 is 0 Å². The Morgan fingerprint density at radius 1 is 0.408 bits per heavy atom. The molecule has 1 aromatic rings. The van der Waals surface area contributed by atoms with E-state index in [1.807, 2.05) is 0 Å². The first kappa shape index (κ1) is 49.1. The predicted octanol–water partition coefficient (Wildman–Crippen LogP) is 12.0. The first-order chi connectivity index (χ1) is 23.5.